The van der Waals surface area contributed by atoms with Crippen molar-refractivity contribution in [1.82, 2.24) is 15.2 Å². The fraction of sp³-hybridized carbons (Fsp3) is 0.409. The monoisotopic (exact) mass is 467 g/mol. The number of ether oxygens (including phenoxy) is 1. The maximum absolute atomic E-state index is 12.5. The number of aliphatic hydroxyl groups excluding tert-OH is 2. The molecule has 1 saturated heterocycles. The molecule has 0 saturated carbocycles. The number of allylic oxidation sites excluding steroid dienone is 2. The average molecular weight is 468 g/mol. The van der Waals surface area contributed by atoms with Gasteiger partial charge in [0, 0.05) is 42.3 Å². The van der Waals surface area contributed by atoms with Crippen LogP contribution in [-0.4, -0.2) is 71.5 Å². The molecule has 0 bridgehead atoms. The number of H-pyrrole nitrogens is 1. The molecule has 2 heterocycles. The van der Waals surface area contributed by atoms with Crippen molar-refractivity contribution < 1.29 is 19.7 Å². The molecule has 4 N–H and O–H groups in total. The molecule has 0 radical (unpaired) electrons. The van der Waals surface area contributed by atoms with E-state index < -0.39 is 6.10 Å². The van der Waals surface area contributed by atoms with Crippen LogP contribution in [0.2, 0.25) is 10.0 Å². The lowest BCUT2D eigenvalue weighted by Crippen LogP contribution is -2.47. The smallest absolute Gasteiger partial charge is 0.286 e. The zero-order valence-corrected chi connectivity index (χ0v) is 18.8. The lowest BCUT2D eigenvalue weighted by Gasteiger charge is -2.33. The van der Waals surface area contributed by atoms with Gasteiger partial charge in [-0.3, -0.25) is 4.79 Å². The van der Waals surface area contributed by atoms with E-state index in [1.54, 1.807) is 24.3 Å². The van der Waals surface area contributed by atoms with E-state index >= 15 is 0 Å². The first-order chi connectivity index (χ1) is 14.9. The quantitative estimate of drug-likeness (QED) is 0.271. The van der Waals surface area contributed by atoms with Crippen LogP contribution < -0.4 is 5.32 Å². The number of hydrogen-bond donors (Lipinski definition) is 4. The van der Waals surface area contributed by atoms with E-state index in [9.17, 15) is 9.90 Å². The average Bonchev–Trinajstić information content (AvgIpc) is 3.14. The fourth-order valence-electron chi connectivity index (χ4n) is 3.59. The summed E-state index contributed by atoms with van der Waals surface area (Å²) < 4.78 is 5.25. The van der Waals surface area contributed by atoms with Crippen molar-refractivity contribution in [2.45, 2.75) is 25.0 Å². The summed E-state index contributed by atoms with van der Waals surface area (Å²) in [6.45, 7) is 1.70. The first-order valence-corrected chi connectivity index (χ1v) is 10.9. The topological polar surface area (TPSA) is 97.8 Å². The fourth-order valence-corrected chi connectivity index (χ4v) is 3.92. The van der Waals surface area contributed by atoms with Crippen molar-refractivity contribution in [3.05, 3.63) is 51.8 Å². The summed E-state index contributed by atoms with van der Waals surface area (Å²) in [6.07, 6.45) is 6.01. The molecule has 2 aromatic rings. The lowest BCUT2D eigenvalue weighted by atomic mass is 10.0. The number of halogens is 2. The molecule has 168 valence electrons. The van der Waals surface area contributed by atoms with Gasteiger partial charge in [-0.2, -0.15) is 0 Å². The van der Waals surface area contributed by atoms with Gasteiger partial charge < -0.3 is 30.2 Å². The lowest BCUT2D eigenvalue weighted by molar-refractivity contribution is -0.121. The third kappa shape index (κ3) is 6.48. The van der Waals surface area contributed by atoms with E-state index in [1.165, 1.54) is 7.11 Å². The Morgan fingerprint density at radius 1 is 1.32 bits per heavy atom. The number of hydrogen-bond acceptors (Lipinski definition) is 5. The second-order valence-electron chi connectivity index (χ2n) is 7.56. The Morgan fingerprint density at radius 2 is 2.03 bits per heavy atom. The van der Waals surface area contributed by atoms with Gasteiger partial charge in [0.15, 0.2) is 5.76 Å². The predicted octanol–water partition coefficient (Wildman–Crippen LogP) is 2.95. The summed E-state index contributed by atoms with van der Waals surface area (Å²) in [5.74, 6) is -0.0483. The minimum Gasteiger partial charge on any atom is -0.491 e. The molecule has 1 amide bonds. The number of β-amino-alcohol motifs (C(OH)–C–C–N with tert-alkyl or cyclic N) is 1. The number of aromatic amines is 1. The first-order valence-electron chi connectivity index (χ1n) is 10.1. The van der Waals surface area contributed by atoms with E-state index in [1.807, 2.05) is 12.1 Å². The van der Waals surface area contributed by atoms with Crippen LogP contribution >= 0.6 is 23.2 Å². The van der Waals surface area contributed by atoms with E-state index in [0.717, 1.165) is 42.5 Å². The van der Waals surface area contributed by atoms with Gasteiger partial charge in [-0.05, 0) is 43.2 Å². The van der Waals surface area contributed by atoms with Gasteiger partial charge in [-0.1, -0.05) is 29.3 Å². The Labute approximate surface area is 191 Å². The SMILES string of the molecule is CO/C(=C\C=C\c1cc2cc(Cl)c(Cl)cc2[nH]1)C(=O)NC1CCN(CC(O)CO)CC1. The summed E-state index contributed by atoms with van der Waals surface area (Å²) >= 11 is 12.1. The van der Waals surface area contributed by atoms with E-state index in [2.05, 4.69) is 15.2 Å². The van der Waals surface area contributed by atoms with Crippen LogP contribution in [0.25, 0.3) is 17.0 Å². The normalized spacial score (nSPS) is 17.4. The maximum atomic E-state index is 12.5. The van der Waals surface area contributed by atoms with Gasteiger partial charge in [-0.15, -0.1) is 0 Å². The molecule has 0 aliphatic carbocycles. The zero-order chi connectivity index (χ0) is 22.4. The van der Waals surface area contributed by atoms with Crippen molar-refractivity contribution in [2.24, 2.45) is 0 Å². The number of carbonyl (C=O) groups excluding carboxylic acids is 1. The first kappa shape index (κ1) is 23.6. The Kier molecular flexibility index (Phi) is 8.40. The number of fused-ring (bicyclic) bond motifs is 1. The highest BCUT2D eigenvalue weighted by atomic mass is 35.5. The van der Waals surface area contributed by atoms with Crippen molar-refractivity contribution >= 4 is 46.1 Å². The number of rotatable bonds is 8. The molecule has 31 heavy (non-hydrogen) atoms. The zero-order valence-electron chi connectivity index (χ0n) is 17.3. The molecule has 1 aromatic carbocycles. The van der Waals surface area contributed by atoms with Gasteiger partial charge in [0.05, 0.1) is 29.9 Å². The summed E-state index contributed by atoms with van der Waals surface area (Å²) in [6, 6.07) is 5.56. The van der Waals surface area contributed by atoms with Gasteiger partial charge in [0.2, 0.25) is 0 Å². The molecular formula is C22H27Cl2N3O4. The number of aliphatic hydroxyl groups is 2. The van der Waals surface area contributed by atoms with Gasteiger partial charge >= 0.3 is 0 Å². The molecule has 1 aromatic heterocycles. The number of nitrogens with one attached hydrogen (secondary N) is 2. The highest BCUT2D eigenvalue weighted by molar-refractivity contribution is 6.42. The molecule has 9 heteroatoms. The predicted molar refractivity (Wildman–Crippen MR) is 123 cm³/mol. The number of aromatic nitrogens is 1. The number of methoxy groups -OCH3 is 1. The Balaban J connectivity index is 1.56. The standard InChI is InChI=1S/C22H27Cl2N3O4/c1-31-21(22(30)26-15-5-7-27(8-6-15)12-17(29)13-28)4-2-3-16-9-14-10-18(23)19(24)11-20(14)25-16/h2-4,9-11,15,17,25,28-29H,5-8,12-13H2,1H3,(H,26,30)/b3-2+,21-4-. The van der Waals surface area contributed by atoms with Crippen LogP contribution in [0, 0.1) is 0 Å². The summed E-state index contributed by atoms with van der Waals surface area (Å²) in [5.41, 5.74) is 1.72. The highest BCUT2D eigenvalue weighted by Gasteiger charge is 2.23. The number of amides is 1. The molecule has 1 aliphatic rings. The van der Waals surface area contributed by atoms with E-state index in [4.69, 9.17) is 33.0 Å². The second kappa shape index (κ2) is 11.0. The van der Waals surface area contributed by atoms with Crippen molar-refractivity contribution in [3.63, 3.8) is 0 Å². The number of piperidine rings is 1. The number of nitrogens with zero attached hydrogens (tertiary/aromatic N) is 1. The van der Waals surface area contributed by atoms with Crippen molar-refractivity contribution in [1.29, 1.82) is 0 Å². The molecule has 3 rings (SSSR count). The van der Waals surface area contributed by atoms with Crippen LogP contribution in [0.3, 0.4) is 0 Å². The van der Waals surface area contributed by atoms with E-state index in [0.29, 0.717) is 16.6 Å². The molecule has 1 unspecified atom stereocenters. The van der Waals surface area contributed by atoms with E-state index in [-0.39, 0.29) is 24.3 Å². The Bertz CT molecular complexity index is 926. The summed E-state index contributed by atoms with van der Waals surface area (Å²) in [5, 5.41) is 23.4. The molecule has 7 nitrogen and oxygen atoms in total. The Morgan fingerprint density at radius 3 is 2.71 bits per heavy atom. The minimum absolute atomic E-state index is 0.0424. The molecular weight excluding hydrogens is 441 g/mol. The van der Waals surface area contributed by atoms with Crippen molar-refractivity contribution in [2.75, 3.05) is 33.4 Å². The molecule has 1 fully saturated rings. The molecule has 1 aliphatic heterocycles. The third-order valence-electron chi connectivity index (χ3n) is 5.25. The summed E-state index contributed by atoms with van der Waals surface area (Å²) in [7, 11) is 1.46. The molecule has 1 atom stereocenters. The number of benzene rings is 1. The third-order valence-corrected chi connectivity index (χ3v) is 5.97. The van der Waals surface area contributed by atoms with Crippen LogP contribution in [0.15, 0.2) is 36.1 Å². The van der Waals surface area contributed by atoms with Gasteiger partial charge in [-0.25, -0.2) is 0 Å². The van der Waals surface area contributed by atoms with Crippen molar-refractivity contribution in [3.8, 4) is 0 Å². The highest BCUT2D eigenvalue weighted by Crippen LogP contribution is 2.28. The van der Waals surface area contributed by atoms with Crippen LogP contribution in [-0.2, 0) is 9.53 Å². The van der Waals surface area contributed by atoms with Crippen LogP contribution in [0.1, 0.15) is 18.5 Å². The Hall–Kier alpha value is -2.03. The number of carbonyl (C=O) groups is 1. The van der Waals surface area contributed by atoms with Gasteiger partial charge in [0.1, 0.15) is 0 Å². The van der Waals surface area contributed by atoms with Crippen LogP contribution in [0.4, 0.5) is 0 Å². The van der Waals surface area contributed by atoms with Crippen LogP contribution in [0.5, 0.6) is 0 Å². The summed E-state index contributed by atoms with van der Waals surface area (Å²) in [4.78, 5) is 17.9. The molecule has 0 spiro atoms. The maximum Gasteiger partial charge on any atom is 0.286 e. The number of likely N-dealkylation sites (tertiary alicyclic amines) is 1. The second-order valence-corrected chi connectivity index (χ2v) is 8.37. The van der Waals surface area contributed by atoms with Gasteiger partial charge in [0.25, 0.3) is 5.91 Å². The largest absolute Gasteiger partial charge is 0.491 e. The minimum atomic E-state index is -0.729.